The summed E-state index contributed by atoms with van der Waals surface area (Å²) < 4.78 is 13.5. The van der Waals surface area contributed by atoms with Gasteiger partial charge in [0.05, 0.1) is 12.1 Å². The number of aryl methyl sites for hydroxylation is 1. The van der Waals surface area contributed by atoms with E-state index in [0.29, 0.717) is 27.8 Å². The Morgan fingerprint density at radius 1 is 1.11 bits per heavy atom. The number of carbonyl (C=O) groups is 2. The van der Waals surface area contributed by atoms with E-state index < -0.39 is 11.7 Å². The SMILES string of the molecule is Cc1[nH]c2ccc(F)cc2c1C(=O)NCC(=O)Nc1ccc(N(C)C)cc1. The Morgan fingerprint density at radius 3 is 2.48 bits per heavy atom. The van der Waals surface area contributed by atoms with Crippen molar-refractivity contribution < 1.29 is 14.0 Å². The normalized spacial score (nSPS) is 10.7. The summed E-state index contributed by atoms with van der Waals surface area (Å²) in [5, 5.41) is 5.81. The summed E-state index contributed by atoms with van der Waals surface area (Å²) in [6.07, 6.45) is 0. The van der Waals surface area contributed by atoms with E-state index in [-0.39, 0.29) is 12.5 Å². The molecule has 7 heteroatoms. The summed E-state index contributed by atoms with van der Waals surface area (Å²) in [5.41, 5.74) is 3.29. The lowest BCUT2D eigenvalue weighted by atomic mass is 10.1. The van der Waals surface area contributed by atoms with Gasteiger partial charge in [-0.3, -0.25) is 9.59 Å². The molecular weight excluding hydrogens is 347 g/mol. The zero-order valence-electron chi connectivity index (χ0n) is 15.4. The zero-order chi connectivity index (χ0) is 19.6. The first kappa shape index (κ1) is 18.4. The van der Waals surface area contributed by atoms with Gasteiger partial charge in [-0.05, 0) is 49.4 Å². The number of fused-ring (bicyclic) bond motifs is 1. The van der Waals surface area contributed by atoms with E-state index in [1.165, 1.54) is 12.1 Å². The third-order valence-electron chi connectivity index (χ3n) is 4.25. The van der Waals surface area contributed by atoms with Crippen molar-refractivity contribution in [2.45, 2.75) is 6.92 Å². The summed E-state index contributed by atoms with van der Waals surface area (Å²) in [7, 11) is 3.86. The number of amides is 2. The molecule has 2 amide bonds. The first-order valence-electron chi connectivity index (χ1n) is 8.48. The van der Waals surface area contributed by atoms with Crippen molar-refractivity contribution >= 4 is 34.1 Å². The Hall–Kier alpha value is -3.35. The predicted molar refractivity (Wildman–Crippen MR) is 105 cm³/mol. The van der Waals surface area contributed by atoms with Crippen molar-refractivity contribution in [1.29, 1.82) is 0 Å². The van der Waals surface area contributed by atoms with E-state index >= 15 is 0 Å². The number of hydrogen-bond donors (Lipinski definition) is 3. The van der Waals surface area contributed by atoms with Crippen LogP contribution in [-0.4, -0.2) is 37.4 Å². The third kappa shape index (κ3) is 4.08. The average molecular weight is 368 g/mol. The zero-order valence-corrected chi connectivity index (χ0v) is 15.4. The lowest BCUT2D eigenvalue weighted by Gasteiger charge is -2.13. The van der Waals surface area contributed by atoms with Gasteiger partial charge in [0.15, 0.2) is 0 Å². The molecule has 6 nitrogen and oxygen atoms in total. The van der Waals surface area contributed by atoms with Gasteiger partial charge >= 0.3 is 0 Å². The Morgan fingerprint density at radius 2 is 1.81 bits per heavy atom. The van der Waals surface area contributed by atoms with Crippen LogP contribution in [0.25, 0.3) is 10.9 Å². The van der Waals surface area contributed by atoms with Gasteiger partial charge in [0.2, 0.25) is 5.91 Å². The number of nitrogens with zero attached hydrogens (tertiary/aromatic N) is 1. The third-order valence-corrected chi connectivity index (χ3v) is 4.25. The number of hydrogen-bond acceptors (Lipinski definition) is 3. The molecule has 2 aromatic carbocycles. The molecule has 0 radical (unpaired) electrons. The van der Waals surface area contributed by atoms with Crippen LogP contribution in [0.5, 0.6) is 0 Å². The molecule has 1 aromatic heterocycles. The second-order valence-corrected chi connectivity index (χ2v) is 6.49. The quantitative estimate of drug-likeness (QED) is 0.648. The van der Waals surface area contributed by atoms with Gasteiger partial charge in [0.1, 0.15) is 5.82 Å². The Kier molecular flexibility index (Phi) is 5.12. The molecule has 0 bridgehead atoms. The standard InChI is InChI=1S/C20H21FN4O2/c1-12-19(16-10-13(21)4-9-17(16)23-12)20(27)22-11-18(26)24-14-5-7-15(8-6-14)25(2)3/h4-10,23H,11H2,1-3H3,(H,22,27)(H,24,26). The molecule has 1 heterocycles. The minimum Gasteiger partial charge on any atom is -0.378 e. The predicted octanol–water partition coefficient (Wildman–Crippen LogP) is 3.05. The Bertz CT molecular complexity index is 993. The molecule has 3 N–H and O–H groups in total. The fourth-order valence-corrected chi connectivity index (χ4v) is 2.89. The first-order valence-corrected chi connectivity index (χ1v) is 8.48. The molecule has 140 valence electrons. The minimum absolute atomic E-state index is 0.185. The summed E-state index contributed by atoms with van der Waals surface area (Å²) in [6, 6.07) is 11.6. The van der Waals surface area contributed by atoms with Gasteiger partial charge in [-0.1, -0.05) is 0 Å². The van der Waals surface area contributed by atoms with Crippen molar-refractivity contribution in [2.24, 2.45) is 0 Å². The largest absolute Gasteiger partial charge is 0.378 e. The summed E-state index contributed by atoms with van der Waals surface area (Å²) in [4.78, 5) is 29.6. The number of anilines is 2. The second-order valence-electron chi connectivity index (χ2n) is 6.49. The molecule has 0 unspecified atom stereocenters. The van der Waals surface area contributed by atoms with Crippen molar-refractivity contribution in [2.75, 3.05) is 30.9 Å². The van der Waals surface area contributed by atoms with Gasteiger partial charge in [0.25, 0.3) is 5.91 Å². The van der Waals surface area contributed by atoms with E-state index in [9.17, 15) is 14.0 Å². The molecule has 0 aliphatic heterocycles. The van der Waals surface area contributed by atoms with Crippen LogP contribution in [0.3, 0.4) is 0 Å². The molecular formula is C20H21FN4O2. The molecule has 0 saturated heterocycles. The second kappa shape index (κ2) is 7.49. The summed E-state index contributed by atoms with van der Waals surface area (Å²) in [6.45, 7) is 1.55. The lowest BCUT2D eigenvalue weighted by molar-refractivity contribution is -0.115. The van der Waals surface area contributed by atoms with Gasteiger partial charge < -0.3 is 20.5 Å². The van der Waals surface area contributed by atoms with E-state index in [0.717, 1.165) is 5.69 Å². The van der Waals surface area contributed by atoms with E-state index in [2.05, 4.69) is 15.6 Å². The molecule has 0 aliphatic rings. The van der Waals surface area contributed by atoms with Gasteiger partial charge in [-0.2, -0.15) is 0 Å². The highest BCUT2D eigenvalue weighted by Crippen LogP contribution is 2.23. The van der Waals surface area contributed by atoms with E-state index in [1.54, 1.807) is 25.1 Å². The molecule has 27 heavy (non-hydrogen) atoms. The van der Waals surface area contributed by atoms with Crippen molar-refractivity contribution in [3.63, 3.8) is 0 Å². The van der Waals surface area contributed by atoms with E-state index in [1.807, 2.05) is 31.1 Å². The number of H-pyrrole nitrogens is 1. The summed E-state index contributed by atoms with van der Waals surface area (Å²) >= 11 is 0. The summed E-state index contributed by atoms with van der Waals surface area (Å²) in [5.74, 6) is -1.19. The minimum atomic E-state index is -0.428. The van der Waals surface area contributed by atoms with Crippen LogP contribution >= 0.6 is 0 Å². The Balaban J connectivity index is 1.64. The topological polar surface area (TPSA) is 77.2 Å². The fourth-order valence-electron chi connectivity index (χ4n) is 2.89. The fraction of sp³-hybridized carbons (Fsp3) is 0.200. The molecule has 0 spiro atoms. The maximum atomic E-state index is 13.5. The van der Waals surface area contributed by atoms with Crippen LogP contribution in [-0.2, 0) is 4.79 Å². The van der Waals surface area contributed by atoms with Crippen LogP contribution in [0, 0.1) is 12.7 Å². The maximum absolute atomic E-state index is 13.5. The number of aromatic nitrogens is 1. The Labute approximate surface area is 156 Å². The first-order chi connectivity index (χ1) is 12.8. The van der Waals surface area contributed by atoms with Gasteiger partial charge in [-0.25, -0.2) is 4.39 Å². The van der Waals surface area contributed by atoms with Crippen LogP contribution in [0.1, 0.15) is 16.1 Å². The number of aromatic amines is 1. The molecule has 3 rings (SSSR count). The maximum Gasteiger partial charge on any atom is 0.254 e. The average Bonchev–Trinajstić information content (AvgIpc) is 2.95. The van der Waals surface area contributed by atoms with Crippen LogP contribution < -0.4 is 15.5 Å². The van der Waals surface area contributed by atoms with Crippen molar-refractivity contribution in [1.82, 2.24) is 10.3 Å². The number of rotatable bonds is 5. The highest BCUT2D eigenvalue weighted by atomic mass is 19.1. The highest BCUT2D eigenvalue weighted by molar-refractivity contribution is 6.09. The van der Waals surface area contributed by atoms with Crippen LogP contribution in [0.15, 0.2) is 42.5 Å². The monoisotopic (exact) mass is 368 g/mol. The smallest absolute Gasteiger partial charge is 0.254 e. The number of carbonyl (C=O) groups excluding carboxylic acids is 2. The number of nitrogens with one attached hydrogen (secondary N) is 3. The molecule has 0 aliphatic carbocycles. The van der Waals surface area contributed by atoms with Gasteiger partial charge in [0, 0.05) is 42.1 Å². The molecule has 3 aromatic rings. The van der Waals surface area contributed by atoms with Crippen molar-refractivity contribution in [3.8, 4) is 0 Å². The molecule has 0 saturated carbocycles. The van der Waals surface area contributed by atoms with Crippen LogP contribution in [0.2, 0.25) is 0 Å². The molecule has 0 atom stereocenters. The van der Waals surface area contributed by atoms with E-state index in [4.69, 9.17) is 0 Å². The highest BCUT2D eigenvalue weighted by Gasteiger charge is 2.17. The molecule has 0 fully saturated rings. The van der Waals surface area contributed by atoms with Crippen LogP contribution in [0.4, 0.5) is 15.8 Å². The number of halogens is 1. The lowest BCUT2D eigenvalue weighted by Crippen LogP contribution is -2.33. The number of benzene rings is 2. The van der Waals surface area contributed by atoms with Gasteiger partial charge in [-0.15, -0.1) is 0 Å². The van der Waals surface area contributed by atoms with Crippen molar-refractivity contribution in [3.05, 3.63) is 59.5 Å².